The van der Waals surface area contributed by atoms with Gasteiger partial charge >= 0.3 is 0 Å². The van der Waals surface area contributed by atoms with Crippen molar-refractivity contribution in [3.05, 3.63) is 48.6 Å². The number of carbonyl (C=O) groups excluding carboxylic acids is 2. The standard InChI is InChI=1S/C9H15NO2.C8H8O2/c1-4-7-5-10-9(11)8(7)12-6(2)3;9-7-10-6-8-4-2-1-3-5-8/h4,6-8H,1,5H2,2-3H3,(H,10,11);1-5,7H,6H2. The van der Waals surface area contributed by atoms with Crippen LogP contribution in [0.1, 0.15) is 19.4 Å². The van der Waals surface area contributed by atoms with Gasteiger partial charge in [0.25, 0.3) is 6.47 Å². The Labute approximate surface area is 131 Å². The molecule has 0 spiro atoms. The van der Waals surface area contributed by atoms with Gasteiger partial charge in [-0.3, -0.25) is 9.59 Å². The molecule has 2 unspecified atom stereocenters. The van der Waals surface area contributed by atoms with Gasteiger partial charge in [-0.05, 0) is 19.4 Å². The highest BCUT2D eigenvalue weighted by molar-refractivity contribution is 5.83. The number of benzene rings is 1. The SMILES string of the molecule is C=CC1CNC(=O)C1OC(C)C.O=COCc1ccccc1. The third-order valence-electron chi connectivity index (χ3n) is 3.04. The van der Waals surface area contributed by atoms with Crippen molar-refractivity contribution in [1.82, 2.24) is 5.32 Å². The predicted octanol–water partition coefficient (Wildman–Crippen LogP) is 2.07. The Morgan fingerprint density at radius 1 is 1.36 bits per heavy atom. The lowest BCUT2D eigenvalue weighted by atomic mass is 10.1. The van der Waals surface area contributed by atoms with Crippen molar-refractivity contribution in [3.63, 3.8) is 0 Å². The zero-order valence-corrected chi connectivity index (χ0v) is 13.0. The zero-order chi connectivity index (χ0) is 16.4. The molecular formula is C17H23NO4. The third kappa shape index (κ3) is 6.10. The van der Waals surface area contributed by atoms with Gasteiger partial charge in [0.05, 0.1) is 6.10 Å². The summed E-state index contributed by atoms with van der Waals surface area (Å²) >= 11 is 0. The minimum atomic E-state index is -0.331. The quantitative estimate of drug-likeness (QED) is 0.645. The maximum absolute atomic E-state index is 11.2. The van der Waals surface area contributed by atoms with Crippen molar-refractivity contribution in [1.29, 1.82) is 0 Å². The van der Waals surface area contributed by atoms with Gasteiger partial charge in [0, 0.05) is 12.5 Å². The van der Waals surface area contributed by atoms with E-state index in [1.807, 2.05) is 44.2 Å². The highest BCUT2D eigenvalue weighted by Gasteiger charge is 2.33. The van der Waals surface area contributed by atoms with Crippen LogP contribution in [0.25, 0.3) is 0 Å². The van der Waals surface area contributed by atoms with E-state index in [0.29, 0.717) is 19.6 Å². The van der Waals surface area contributed by atoms with Crippen LogP contribution in [0.15, 0.2) is 43.0 Å². The first-order valence-electron chi connectivity index (χ1n) is 7.23. The molecule has 0 radical (unpaired) electrons. The van der Waals surface area contributed by atoms with Crippen LogP contribution in [-0.2, 0) is 25.7 Å². The minimum absolute atomic E-state index is 0.0198. The Balaban J connectivity index is 0.000000224. The van der Waals surface area contributed by atoms with Gasteiger partial charge in [-0.15, -0.1) is 6.58 Å². The lowest BCUT2D eigenvalue weighted by Crippen LogP contribution is -2.30. The number of amides is 1. The predicted molar refractivity (Wildman–Crippen MR) is 84.0 cm³/mol. The maximum Gasteiger partial charge on any atom is 0.293 e. The van der Waals surface area contributed by atoms with Crippen LogP contribution in [0.3, 0.4) is 0 Å². The number of nitrogens with one attached hydrogen (secondary N) is 1. The second-order valence-corrected chi connectivity index (χ2v) is 5.14. The van der Waals surface area contributed by atoms with Gasteiger partial charge in [0.1, 0.15) is 12.7 Å². The van der Waals surface area contributed by atoms with Crippen molar-refractivity contribution in [2.24, 2.45) is 5.92 Å². The van der Waals surface area contributed by atoms with Crippen LogP contribution < -0.4 is 5.32 Å². The molecule has 5 heteroatoms. The van der Waals surface area contributed by atoms with E-state index in [9.17, 15) is 9.59 Å². The smallest absolute Gasteiger partial charge is 0.293 e. The van der Waals surface area contributed by atoms with Crippen LogP contribution in [0.2, 0.25) is 0 Å². The van der Waals surface area contributed by atoms with Gasteiger partial charge in [0.15, 0.2) is 0 Å². The van der Waals surface area contributed by atoms with Gasteiger partial charge in [-0.2, -0.15) is 0 Å². The van der Waals surface area contributed by atoms with E-state index in [2.05, 4.69) is 16.6 Å². The first-order chi connectivity index (χ1) is 10.6. The number of hydrogen-bond donors (Lipinski definition) is 1. The largest absolute Gasteiger partial charge is 0.463 e. The molecule has 0 aromatic heterocycles. The molecular weight excluding hydrogens is 282 g/mol. The van der Waals surface area contributed by atoms with Crippen molar-refractivity contribution in [2.75, 3.05) is 6.54 Å². The minimum Gasteiger partial charge on any atom is -0.463 e. The number of carbonyl (C=O) groups is 2. The van der Waals surface area contributed by atoms with Crippen molar-refractivity contribution >= 4 is 12.4 Å². The monoisotopic (exact) mass is 305 g/mol. The fourth-order valence-electron chi connectivity index (χ4n) is 1.99. The van der Waals surface area contributed by atoms with E-state index < -0.39 is 0 Å². The molecule has 0 aliphatic carbocycles. The molecule has 1 aromatic rings. The van der Waals surface area contributed by atoms with Crippen molar-refractivity contribution < 1.29 is 19.1 Å². The van der Waals surface area contributed by atoms with Crippen molar-refractivity contribution in [2.45, 2.75) is 32.7 Å². The number of rotatable bonds is 6. The van der Waals surface area contributed by atoms with Crippen LogP contribution >= 0.6 is 0 Å². The first kappa shape index (κ1) is 17.9. The van der Waals surface area contributed by atoms with Gasteiger partial charge in [-0.25, -0.2) is 0 Å². The molecule has 5 nitrogen and oxygen atoms in total. The summed E-state index contributed by atoms with van der Waals surface area (Å²) in [6.07, 6.45) is 1.52. The Bertz CT molecular complexity index is 473. The Morgan fingerprint density at radius 3 is 2.59 bits per heavy atom. The maximum atomic E-state index is 11.2. The Hall–Kier alpha value is -2.14. The van der Waals surface area contributed by atoms with E-state index in [0.717, 1.165) is 5.56 Å². The molecule has 22 heavy (non-hydrogen) atoms. The molecule has 1 aromatic carbocycles. The molecule has 1 aliphatic rings. The highest BCUT2D eigenvalue weighted by Crippen LogP contribution is 2.16. The fraction of sp³-hybridized carbons (Fsp3) is 0.412. The van der Waals surface area contributed by atoms with Crippen LogP contribution in [0.5, 0.6) is 0 Å². The van der Waals surface area contributed by atoms with E-state index >= 15 is 0 Å². The molecule has 1 fully saturated rings. The Kier molecular flexibility index (Phi) is 7.92. The molecule has 2 rings (SSSR count). The van der Waals surface area contributed by atoms with Crippen LogP contribution in [0, 0.1) is 5.92 Å². The highest BCUT2D eigenvalue weighted by atomic mass is 16.5. The second-order valence-electron chi connectivity index (χ2n) is 5.14. The summed E-state index contributed by atoms with van der Waals surface area (Å²) in [5.74, 6) is 0.105. The van der Waals surface area contributed by atoms with Gasteiger partial charge in [-0.1, -0.05) is 36.4 Å². The summed E-state index contributed by atoms with van der Waals surface area (Å²) in [5, 5.41) is 2.74. The summed E-state index contributed by atoms with van der Waals surface area (Å²) < 4.78 is 9.98. The summed E-state index contributed by atoms with van der Waals surface area (Å²) in [5.41, 5.74) is 1.01. The second kappa shape index (κ2) is 9.73. The van der Waals surface area contributed by atoms with Crippen LogP contribution in [0.4, 0.5) is 0 Å². The summed E-state index contributed by atoms with van der Waals surface area (Å²) in [6, 6.07) is 9.55. The van der Waals surface area contributed by atoms with Gasteiger partial charge in [0.2, 0.25) is 5.91 Å². The van der Waals surface area contributed by atoms with E-state index in [1.54, 1.807) is 6.08 Å². The van der Waals surface area contributed by atoms with E-state index in [1.165, 1.54) is 0 Å². The molecule has 0 saturated carbocycles. The number of ether oxygens (including phenoxy) is 2. The summed E-state index contributed by atoms with van der Waals surface area (Å²) in [4.78, 5) is 21.0. The Morgan fingerprint density at radius 2 is 2.05 bits per heavy atom. The number of hydrogen-bond acceptors (Lipinski definition) is 4. The first-order valence-corrected chi connectivity index (χ1v) is 7.23. The average molecular weight is 305 g/mol. The van der Waals surface area contributed by atoms with E-state index in [4.69, 9.17) is 4.74 Å². The molecule has 2 atom stereocenters. The lowest BCUT2D eigenvalue weighted by Gasteiger charge is -2.16. The summed E-state index contributed by atoms with van der Waals surface area (Å²) in [6.45, 7) is 8.98. The molecule has 1 heterocycles. The summed E-state index contributed by atoms with van der Waals surface area (Å²) in [7, 11) is 0. The molecule has 0 bridgehead atoms. The van der Waals surface area contributed by atoms with Gasteiger partial charge < -0.3 is 14.8 Å². The fourth-order valence-corrected chi connectivity index (χ4v) is 1.99. The molecule has 1 amide bonds. The van der Waals surface area contributed by atoms with Crippen molar-refractivity contribution in [3.8, 4) is 0 Å². The topological polar surface area (TPSA) is 64.6 Å². The zero-order valence-electron chi connectivity index (χ0n) is 13.0. The molecule has 1 aliphatic heterocycles. The average Bonchev–Trinajstić information content (AvgIpc) is 2.87. The van der Waals surface area contributed by atoms with Crippen LogP contribution in [-0.4, -0.2) is 31.1 Å². The molecule has 1 saturated heterocycles. The molecule has 120 valence electrons. The normalized spacial score (nSPS) is 19.9. The molecule has 1 N–H and O–H groups in total. The lowest BCUT2D eigenvalue weighted by molar-refractivity contribution is -0.132. The third-order valence-corrected chi connectivity index (χ3v) is 3.04. The van der Waals surface area contributed by atoms with E-state index in [-0.39, 0.29) is 24.0 Å².